The monoisotopic (exact) mass is 479 g/mol. The van der Waals surface area contributed by atoms with Gasteiger partial charge in [0.1, 0.15) is 11.6 Å². The van der Waals surface area contributed by atoms with Crippen molar-refractivity contribution in [1.29, 1.82) is 0 Å². The summed E-state index contributed by atoms with van der Waals surface area (Å²) in [6.45, 7) is 14.9. The maximum absolute atomic E-state index is 13.9. The number of amides is 3. The maximum Gasteiger partial charge on any atom is 0.246 e. The Morgan fingerprint density at radius 1 is 1.15 bits per heavy atom. The number of hydrogen-bond donors (Lipinski definition) is 3. The average molecular weight is 480 g/mol. The van der Waals surface area contributed by atoms with Crippen molar-refractivity contribution in [3.05, 3.63) is 0 Å². The minimum atomic E-state index is -1.01. The summed E-state index contributed by atoms with van der Waals surface area (Å²) in [4.78, 5) is 42.5. The van der Waals surface area contributed by atoms with Crippen LogP contribution in [0.25, 0.3) is 0 Å². The minimum absolute atomic E-state index is 0.0156. The molecular weight excluding hydrogens is 434 g/mol. The number of aliphatic hydroxyl groups excluding tert-OH is 1. The lowest BCUT2D eigenvalue weighted by Gasteiger charge is -2.38. The first-order valence-corrected chi connectivity index (χ1v) is 12.8. The summed E-state index contributed by atoms with van der Waals surface area (Å²) in [6.07, 6.45) is 3.43. The molecule has 0 saturated carbocycles. The van der Waals surface area contributed by atoms with E-state index in [9.17, 15) is 14.4 Å². The van der Waals surface area contributed by atoms with E-state index in [1.165, 1.54) is 0 Å². The molecule has 2 bridgehead atoms. The van der Waals surface area contributed by atoms with Gasteiger partial charge in [-0.2, -0.15) is 0 Å². The molecule has 3 aliphatic heterocycles. The van der Waals surface area contributed by atoms with Gasteiger partial charge in [0.25, 0.3) is 0 Å². The molecule has 3 aliphatic rings. The van der Waals surface area contributed by atoms with E-state index in [2.05, 4.69) is 31.4 Å². The van der Waals surface area contributed by atoms with Crippen LogP contribution >= 0.6 is 0 Å². The number of unbranched alkanes of at least 4 members (excludes halogenated alkanes) is 2. The Kier molecular flexibility index (Phi) is 7.19. The number of rotatable bonds is 9. The van der Waals surface area contributed by atoms with Gasteiger partial charge < -0.3 is 25.4 Å². The largest absolute Gasteiger partial charge is 0.396 e. The van der Waals surface area contributed by atoms with Gasteiger partial charge in [-0.15, -0.1) is 0 Å². The Labute approximate surface area is 204 Å². The Morgan fingerprint density at radius 2 is 1.79 bits per heavy atom. The highest BCUT2D eigenvalue weighted by atomic mass is 16.5. The molecule has 0 aliphatic carbocycles. The van der Waals surface area contributed by atoms with Crippen LogP contribution in [0.3, 0.4) is 0 Å². The summed E-state index contributed by atoms with van der Waals surface area (Å²) in [5, 5.41) is 15.1. The van der Waals surface area contributed by atoms with Gasteiger partial charge in [-0.3, -0.25) is 14.4 Å². The Morgan fingerprint density at radius 3 is 2.35 bits per heavy atom. The predicted octanol–water partition coefficient (Wildman–Crippen LogP) is 2.24. The third-order valence-electron chi connectivity index (χ3n) is 8.08. The molecule has 0 aromatic heterocycles. The molecule has 3 heterocycles. The molecule has 3 rings (SSSR count). The fourth-order valence-corrected chi connectivity index (χ4v) is 7.18. The van der Waals surface area contributed by atoms with Crippen LogP contribution in [-0.4, -0.2) is 70.7 Å². The van der Waals surface area contributed by atoms with Crippen molar-refractivity contribution in [3.8, 4) is 0 Å². The van der Waals surface area contributed by atoms with E-state index >= 15 is 0 Å². The van der Waals surface area contributed by atoms with Crippen LogP contribution in [-0.2, 0) is 19.1 Å². The third kappa shape index (κ3) is 4.48. The molecule has 8 nitrogen and oxygen atoms in total. The van der Waals surface area contributed by atoms with Crippen molar-refractivity contribution in [2.75, 3.05) is 20.2 Å². The molecule has 3 saturated heterocycles. The van der Waals surface area contributed by atoms with Crippen LogP contribution in [0.4, 0.5) is 0 Å². The quantitative estimate of drug-likeness (QED) is 0.440. The minimum Gasteiger partial charge on any atom is -0.396 e. The van der Waals surface area contributed by atoms with Gasteiger partial charge in [0.15, 0.2) is 0 Å². The zero-order valence-electron chi connectivity index (χ0n) is 22.3. The van der Waals surface area contributed by atoms with Crippen LogP contribution in [0, 0.1) is 23.2 Å². The smallest absolute Gasteiger partial charge is 0.246 e. The molecule has 3 fully saturated rings. The van der Waals surface area contributed by atoms with Crippen LogP contribution in [0.1, 0.15) is 80.6 Å². The summed E-state index contributed by atoms with van der Waals surface area (Å²) in [5.41, 5.74) is -2.26. The highest BCUT2D eigenvalue weighted by Crippen LogP contribution is 2.65. The highest BCUT2D eigenvalue weighted by molar-refractivity contribution is 5.99. The fraction of sp³-hybridized carbons (Fsp3) is 0.885. The second-order valence-electron chi connectivity index (χ2n) is 12.7. The van der Waals surface area contributed by atoms with Gasteiger partial charge in [-0.25, -0.2) is 0 Å². The predicted molar refractivity (Wildman–Crippen MR) is 130 cm³/mol. The number of aliphatic hydroxyl groups is 1. The lowest BCUT2D eigenvalue weighted by atomic mass is 9.62. The molecule has 0 aromatic rings. The number of fused-ring (bicyclic) bond motifs is 1. The fourth-order valence-electron chi connectivity index (χ4n) is 7.18. The standard InChI is InChI=1S/C26H45N3O5/c1-16-14-26-18(17(20(31)27-8)25(16,7)34-26)22(33)29(12-10-9-11-13-30)19(26)21(32)28-24(5,6)15-23(2,3)4/h16-19,30H,9-15H2,1-8H3,(H,27,31)(H,28,32)/t16?,17-,18+,19?,25+,26?/m1/s1. The van der Waals surface area contributed by atoms with Crippen molar-refractivity contribution in [3.63, 3.8) is 0 Å². The normalized spacial score (nSPS) is 35.0. The van der Waals surface area contributed by atoms with Crippen molar-refractivity contribution >= 4 is 17.7 Å². The lowest BCUT2D eigenvalue weighted by molar-refractivity contribution is -0.148. The number of likely N-dealkylation sites (tertiary alicyclic amines) is 1. The molecule has 0 aromatic carbocycles. The number of ether oxygens (including phenoxy) is 1. The van der Waals surface area contributed by atoms with E-state index in [0.29, 0.717) is 25.8 Å². The number of hydrogen-bond acceptors (Lipinski definition) is 5. The van der Waals surface area contributed by atoms with Crippen molar-refractivity contribution in [1.82, 2.24) is 15.5 Å². The number of nitrogens with one attached hydrogen (secondary N) is 2. The van der Waals surface area contributed by atoms with E-state index < -0.39 is 34.6 Å². The summed E-state index contributed by atoms with van der Waals surface area (Å²) in [5.74, 6) is -1.85. The Bertz CT molecular complexity index is 822. The molecule has 1 spiro atoms. The second-order valence-corrected chi connectivity index (χ2v) is 12.7. The van der Waals surface area contributed by atoms with E-state index in [1.807, 2.05) is 27.7 Å². The Balaban J connectivity index is 1.99. The van der Waals surface area contributed by atoms with Gasteiger partial charge in [-0.1, -0.05) is 27.7 Å². The van der Waals surface area contributed by atoms with Crippen molar-refractivity contribution in [2.24, 2.45) is 23.2 Å². The topological polar surface area (TPSA) is 108 Å². The molecule has 3 unspecified atom stereocenters. The van der Waals surface area contributed by atoms with Crippen LogP contribution in [0.2, 0.25) is 0 Å². The molecular formula is C26H45N3O5. The first-order chi connectivity index (χ1) is 15.6. The SMILES string of the molecule is CNC(=O)[C@H]1[C@H]2C(=O)N(CCCCCO)C(C(=O)NC(C)(C)CC(C)(C)C)C23CC(C)[C@]1(C)O3. The zero-order chi connectivity index (χ0) is 25.7. The second kappa shape index (κ2) is 9.08. The molecule has 6 atom stereocenters. The summed E-state index contributed by atoms with van der Waals surface area (Å²) in [6, 6.07) is -0.780. The van der Waals surface area contributed by atoms with Crippen LogP contribution in [0.15, 0.2) is 0 Å². The van der Waals surface area contributed by atoms with Gasteiger partial charge >= 0.3 is 0 Å². The van der Waals surface area contributed by atoms with Crippen LogP contribution < -0.4 is 10.6 Å². The maximum atomic E-state index is 13.9. The summed E-state index contributed by atoms with van der Waals surface area (Å²) >= 11 is 0. The molecule has 194 valence electrons. The molecule has 34 heavy (non-hydrogen) atoms. The number of nitrogens with zero attached hydrogens (tertiary/aromatic N) is 1. The van der Waals surface area contributed by atoms with E-state index in [4.69, 9.17) is 9.84 Å². The zero-order valence-corrected chi connectivity index (χ0v) is 22.3. The van der Waals surface area contributed by atoms with Crippen molar-refractivity contribution in [2.45, 2.75) is 103 Å². The van der Waals surface area contributed by atoms with Crippen molar-refractivity contribution < 1.29 is 24.2 Å². The highest BCUT2D eigenvalue weighted by Gasteiger charge is 2.79. The van der Waals surface area contributed by atoms with Gasteiger partial charge in [0, 0.05) is 25.7 Å². The molecule has 0 radical (unpaired) electrons. The first kappa shape index (κ1) is 26.9. The van der Waals surface area contributed by atoms with Gasteiger partial charge in [0.05, 0.1) is 17.4 Å². The van der Waals surface area contributed by atoms with E-state index in [1.54, 1.807) is 11.9 Å². The van der Waals surface area contributed by atoms with E-state index in [0.717, 1.165) is 12.8 Å². The molecule has 3 N–H and O–H groups in total. The van der Waals surface area contributed by atoms with Gasteiger partial charge in [-0.05, 0) is 64.2 Å². The van der Waals surface area contributed by atoms with E-state index in [-0.39, 0.29) is 35.7 Å². The third-order valence-corrected chi connectivity index (χ3v) is 8.08. The van der Waals surface area contributed by atoms with Crippen LogP contribution in [0.5, 0.6) is 0 Å². The van der Waals surface area contributed by atoms with Gasteiger partial charge in [0.2, 0.25) is 17.7 Å². The summed E-state index contributed by atoms with van der Waals surface area (Å²) in [7, 11) is 1.58. The lowest BCUT2D eigenvalue weighted by Crippen LogP contribution is -2.59. The number of carbonyl (C=O) groups is 3. The first-order valence-electron chi connectivity index (χ1n) is 12.8. The Hall–Kier alpha value is -1.67. The average Bonchev–Trinajstić information content (AvgIpc) is 3.19. The number of carbonyl (C=O) groups excluding carboxylic acids is 3. The molecule has 3 amide bonds. The molecule has 8 heteroatoms. The summed E-state index contributed by atoms with van der Waals surface area (Å²) < 4.78 is 6.67.